The third-order valence-electron chi connectivity index (χ3n) is 1.99. The summed E-state index contributed by atoms with van der Waals surface area (Å²) in [5, 5.41) is 9.30. The van der Waals surface area contributed by atoms with E-state index < -0.39 is 0 Å². The molecule has 1 aromatic heterocycles. The highest BCUT2D eigenvalue weighted by atomic mass is 79.9. The first-order valence-corrected chi connectivity index (χ1v) is 4.44. The Morgan fingerprint density at radius 3 is 3.36 bits per heavy atom. The lowest BCUT2D eigenvalue weighted by Crippen LogP contribution is -2.23. The summed E-state index contributed by atoms with van der Waals surface area (Å²) in [7, 11) is 0. The molecule has 1 aliphatic heterocycles. The lowest BCUT2D eigenvalue weighted by molar-refractivity contribution is 0.141. The van der Waals surface area contributed by atoms with Crippen molar-refractivity contribution in [2.45, 2.75) is 25.5 Å². The fraction of sp³-hybridized carbons (Fsp3) is 0.571. The van der Waals surface area contributed by atoms with Gasteiger partial charge in [-0.1, -0.05) is 0 Å². The van der Waals surface area contributed by atoms with Crippen LogP contribution in [-0.4, -0.2) is 20.8 Å². The summed E-state index contributed by atoms with van der Waals surface area (Å²) in [5.41, 5.74) is 0. The molecule has 2 heterocycles. The fourth-order valence-electron chi connectivity index (χ4n) is 1.38. The maximum absolute atomic E-state index is 9.30. The van der Waals surface area contributed by atoms with E-state index in [1.165, 1.54) is 0 Å². The zero-order chi connectivity index (χ0) is 7.84. The van der Waals surface area contributed by atoms with Gasteiger partial charge in [0.1, 0.15) is 10.4 Å². The number of fused-ring (bicyclic) bond motifs is 1. The Morgan fingerprint density at radius 2 is 2.55 bits per heavy atom. The van der Waals surface area contributed by atoms with Crippen LogP contribution in [0.4, 0.5) is 0 Å². The summed E-state index contributed by atoms with van der Waals surface area (Å²) in [6, 6.07) is 0. The van der Waals surface area contributed by atoms with Gasteiger partial charge < -0.3 is 9.67 Å². The van der Waals surface area contributed by atoms with Crippen LogP contribution in [0.15, 0.2) is 10.8 Å². The van der Waals surface area contributed by atoms with Crippen molar-refractivity contribution in [3.63, 3.8) is 0 Å². The first-order valence-electron chi connectivity index (χ1n) is 3.65. The van der Waals surface area contributed by atoms with Crippen molar-refractivity contribution in [2.75, 3.05) is 0 Å². The van der Waals surface area contributed by atoms with Crippen molar-refractivity contribution >= 4 is 15.9 Å². The summed E-state index contributed by atoms with van der Waals surface area (Å²) in [5.74, 6) is 0.982. The Balaban J connectivity index is 2.36. The first kappa shape index (κ1) is 7.31. The molecule has 0 aromatic carbocycles. The van der Waals surface area contributed by atoms with Gasteiger partial charge in [0.25, 0.3) is 0 Å². The van der Waals surface area contributed by atoms with Gasteiger partial charge in [-0.05, 0) is 22.4 Å². The Hall–Kier alpha value is -0.350. The van der Waals surface area contributed by atoms with Gasteiger partial charge in [0, 0.05) is 13.0 Å². The molecular formula is C7H9BrN2O. The van der Waals surface area contributed by atoms with Gasteiger partial charge in [0.15, 0.2) is 0 Å². The molecule has 0 amide bonds. The molecule has 60 valence electrons. The highest BCUT2D eigenvalue weighted by Gasteiger charge is 2.18. The van der Waals surface area contributed by atoms with Crippen molar-refractivity contribution in [3.8, 4) is 0 Å². The van der Waals surface area contributed by atoms with Crippen LogP contribution in [0.3, 0.4) is 0 Å². The van der Waals surface area contributed by atoms with Crippen molar-refractivity contribution < 1.29 is 5.11 Å². The van der Waals surface area contributed by atoms with E-state index in [1.807, 2.05) is 0 Å². The van der Waals surface area contributed by atoms with E-state index >= 15 is 0 Å². The van der Waals surface area contributed by atoms with E-state index in [1.54, 1.807) is 6.20 Å². The molecule has 0 radical (unpaired) electrons. The molecule has 4 heteroatoms. The van der Waals surface area contributed by atoms with Crippen molar-refractivity contribution in [1.29, 1.82) is 0 Å². The van der Waals surface area contributed by atoms with E-state index in [4.69, 9.17) is 0 Å². The molecule has 3 nitrogen and oxygen atoms in total. The van der Waals surface area contributed by atoms with E-state index in [0.717, 1.165) is 23.4 Å². The van der Waals surface area contributed by atoms with Gasteiger partial charge in [0.05, 0.1) is 12.3 Å². The van der Waals surface area contributed by atoms with Crippen molar-refractivity contribution in [3.05, 3.63) is 16.6 Å². The topological polar surface area (TPSA) is 38.0 Å². The molecule has 1 N–H and O–H groups in total. The standard InChI is InChI=1S/C7H9BrN2O/c8-6-4-9-7-3-5(11)1-2-10(6)7/h4-5,11H,1-3H2. The van der Waals surface area contributed by atoms with Crippen LogP contribution in [0.5, 0.6) is 0 Å². The predicted molar refractivity (Wildman–Crippen MR) is 44.3 cm³/mol. The van der Waals surface area contributed by atoms with E-state index in [-0.39, 0.29) is 6.10 Å². The SMILES string of the molecule is OC1CCn2c(Br)cnc2C1. The average Bonchev–Trinajstić information content (AvgIpc) is 2.32. The van der Waals surface area contributed by atoms with Gasteiger partial charge in [-0.15, -0.1) is 0 Å². The van der Waals surface area contributed by atoms with E-state index in [2.05, 4.69) is 25.5 Å². The minimum atomic E-state index is -0.197. The summed E-state index contributed by atoms with van der Waals surface area (Å²) in [4.78, 5) is 4.16. The van der Waals surface area contributed by atoms with Gasteiger partial charge in [0.2, 0.25) is 0 Å². The largest absolute Gasteiger partial charge is 0.393 e. The van der Waals surface area contributed by atoms with Gasteiger partial charge >= 0.3 is 0 Å². The van der Waals surface area contributed by atoms with Crippen LogP contribution in [0.1, 0.15) is 12.2 Å². The number of rotatable bonds is 0. The van der Waals surface area contributed by atoms with Crippen molar-refractivity contribution in [1.82, 2.24) is 9.55 Å². The molecule has 1 aromatic rings. The Kier molecular flexibility index (Phi) is 1.73. The van der Waals surface area contributed by atoms with Crippen LogP contribution >= 0.6 is 15.9 Å². The van der Waals surface area contributed by atoms with Gasteiger partial charge in [-0.2, -0.15) is 0 Å². The Morgan fingerprint density at radius 1 is 1.73 bits per heavy atom. The average molecular weight is 217 g/mol. The van der Waals surface area contributed by atoms with Crippen LogP contribution in [-0.2, 0) is 13.0 Å². The number of nitrogens with zero attached hydrogens (tertiary/aromatic N) is 2. The highest BCUT2D eigenvalue weighted by Crippen LogP contribution is 2.19. The first-order chi connectivity index (χ1) is 5.27. The number of aliphatic hydroxyl groups is 1. The zero-order valence-electron chi connectivity index (χ0n) is 6.00. The molecule has 2 rings (SSSR count). The second kappa shape index (κ2) is 2.60. The van der Waals surface area contributed by atoms with Crippen LogP contribution in [0.25, 0.3) is 0 Å². The number of imidazole rings is 1. The zero-order valence-corrected chi connectivity index (χ0v) is 7.58. The van der Waals surface area contributed by atoms with Gasteiger partial charge in [-0.25, -0.2) is 4.98 Å². The van der Waals surface area contributed by atoms with Crippen molar-refractivity contribution in [2.24, 2.45) is 0 Å². The van der Waals surface area contributed by atoms with E-state index in [0.29, 0.717) is 6.42 Å². The molecule has 0 aliphatic carbocycles. The summed E-state index contributed by atoms with van der Waals surface area (Å²) >= 11 is 3.39. The molecule has 0 bridgehead atoms. The number of aromatic nitrogens is 2. The maximum Gasteiger partial charge on any atom is 0.112 e. The van der Waals surface area contributed by atoms with Crippen LogP contribution < -0.4 is 0 Å². The second-order valence-electron chi connectivity index (χ2n) is 2.80. The Labute approximate surface area is 73.2 Å². The molecule has 1 aliphatic rings. The fourth-order valence-corrected chi connectivity index (χ4v) is 1.86. The molecule has 0 fully saturated rings. The number of hydrogen-bond acceptors (Lipinski definition) is 2. The number of halogens is 1. The number of hydrogen-bond donors (Lipinski definition) is 1. The summed E-state index contributed by atoms with van der Waals surface area (Å²) in [6.07, 6.45) is 3.11. The molecule has 0 saturated heterocycles. The molecule has 1 unspecified atom stereocenters. The quantitative estimate of drug-likeness (QED) is 0.702. The normalized spacial score (nSPS) is 23.3. The second-order valence-corrected chi connectivity index (χ2v) is 3.61. The maximum atomic E-state index is 9.30. The molecule has 11 heavy (non-hydrogen) atoms. The number of aliphatic hydroxyl groups excluding tert-OH is 1. The third-order valence-corrected chi connectivity index (χ3v) is 2.63. The monoisotopic (exact) mass is 216 g/mol. The molecule has 1 atom stereocenters. The summed E-state index contributed by atoms with van der Waals surface area (Å²) in [6.45, 7) is 0.872. The lowest BCUT2D eigenvalue weighted by atomic mass is 10.1. The minimum Gasteiger partial charge on any atom is -0.393 e. The minimum absolute atomic E-state index is 0.197. The van der Waals surface area contributed by atoms with E-state index in [9.17, 15) is 5.11 Å². The predicted octanol–water partition coefficient (Wildman–Crippen LogP) is 0.953. The van der Waals surface area contributed by atoms with Crippen LogP contribution in [0.2, 0.25) is 0 Å². The summed E-state index contributed by atoms with van der Waals surface area (Å²) < 4.78 is 3.10. The molecular weight excluding hydrogens is 208 g/mol. The highest BCUT2D eigenvalue weighted by molar-refractivity contribution is 9.10. The molecule has 0 spiro atoms. The molecule has 0 saturated carbocycles. The van der Waals surface area contributed by atoms with Gasteiger partial charge in [-0.3, -0.25) is 0 Å². The Bertz CT molecular complexity index is 271. The lowest BCUT2D eigenvalue weighted by Gasteiger charge is -2.19. The smallest absolute Gasteiger partial charge is 0.112 e. The van der Waals surface area contributed by atoms with Crippen LogP contribution in [0, 0.1) is 0 Å². The third kappa shape index (κ3) is 1.20.